The Kier molecular flexibility index (Phi) is 7.28. The fraction of sp³-hybridized carbons (Fsp3) is 0.600. The van der Waals surface area contributed by atoms with Gasteiger partial charge in [-0.1, -0.05) is 0 Å². The van der Waals surface area contributed by atoms with Gasteiger partial charge in [-0.2, -0.15) is 0 Å². The maximum absolute atomic E-state index is 11.8. The van der Waals surface area contributed by atoms with Crippen molar-refractivity contribution in [3.63, 3.8) is 0 Å². The lowest BCUT2D eigenvalue weighted by molar-refractivity contribution is -0.151. The third-order valence-corrected chi connectivity index (χ3v) is 2.93. The molecule has 0 unspecified atom stereocenters. The van der Waals surface area contributed by atoms with Gasteiger partial charge >= 0.3 is 11.9 Å². The topological polar surface area (TPSA) is 90.0 Å². The number of amides is 1. The van der Waals surface area contributed by atoms with Crippen molar-refractivity contribution in [1.82, 2.24) is 4.90 Å². The maximum atomic E-state index is 11.8. The lowest BCUT2D eigenvalue weighted by Crippen LogP contribution is -2.41. The molecular weight excluding hydrogens is 290 g/mol. The van der Waals surface area contributed by atoms with Gasteiger partial charge in [-0.25, -0.2) is 9.59 Å². The molecule has 0 atom stereocenters. The Bertz CT molecular complexity index is 463. The number of esters is 2. The van der Waals surface area contributed by atoms with Crippen LogP contribution in [0.25, 0.3) is 0 Å². The molecule has 122 valence electrons. The summed E-state index contributed by atoms with van der Waals surface area (Å²) in [6.07, 6.45) is 4.28. The van der Waals surface area contributed by atoms with Crippen LogP contribution in [-0.4, -0.2) is 54.3 Å². The minimum atomic E-state index is -0.875. The second-order valence-corrected chi connectivity index (χ2v) is 5.20. The zero-order valence-corrected chi connectivity index (χ0v) is 12.9. The van der Waals surface area contributed by atoms with Gasteiger partial charge in [0.25, 0.3) is 11.7 Å². The van der Waals surface area contributed by atoms with Crippen LogP contribution in [0.4, 0.5) is 0 Å². The second kappa shape index (κ2) is 8.96. The Morgan fingerprint density at radius 2 is 1.59 bits per heavy atom. The van der Waals surface area contributed by atoms with Crippen LogP contribution in [0.2, 0.25) is 0 Å². The van der Waals surface area contributed by atoms with E-state index in [1.54, 1.807) is 13.8 Å². The second-order valence-electron chi connectivity index (χ2n) is 5.20. The van der Waals surface area contributed by atoms with E-state index in [1.165, 1.54) is 4.90 Å². The van der Waals surface area contributed by atoms with E-state index in [-0.39, 0.29) is 6.10 Å². The van der Waals surface area contributed by atoms with Gasteiger partial charge < -0.3 is 14.4 Å². The first-order valence-corrected chi connectivity index (χ1v) is 7.27. The summed E-state index contributed by atoms with van der Waals surface area (Å²) in [4.78, 5) is 47.4. The van der Waals surface area contributed by atoms with E-state index in [9.17, 15) is 19.2 Å². The van der Waals surface area contributed by atoms with Gasteiger partial charge in [0.2, 0.25) is 0 Å². The van der Waals surface area contributed by atoms with E-state index in [2.05, 4.69) is 4.74 Å². The van der Waals surface area contributed by atoms with E-state index < -0.39 is 30.2 Å². The van der Waals surface area contributed by atoms with Gasteiger partial charge in [-0.15, -0.1) is 0 Å². The summed E-state index contributed by atoms with van der Waals surface area (Å²) in [6, 6.07) is 0. The van der Waals surface area contributed by atoms with Crippen molar-refractivity contribution < 1.29 is 28.7 Å². The zero-order valence-electron chi connectivity index (χ0n) is 12.9. The number of nitrogens with zero attached hydrogens (tertiary/aromatic N) is 1. The number of likely N-dealkylation sites (tertiary alicyclic amines) is 1. The van der Waals surface area contributed by atoms with Crippen molar-refractivity contribution in [2.24, 2.45) is 0 Å². The van der Waals surface area contributed by atoms with Gasteiger partial charge in [0.15, 0.2) is 6.61 Å². The molecule has 1 aliphatic rings. The summed E-state index contributed by atoms with van der Waals surface area (Å²) >= 11 is 0. The zero-order chi connectivity index (χ0) is 16.5. The summed E-state index contributed by atoms with van der Waals surface area (Å²) in [5.41, 5.74) is 0. The highest BCUT2D eigenvalue weighted by Crippen LogP contribution is 2.08. The number of hydrogen-bond donors (Lipinski definition) is 0. The molecule has 1 saturated heterocycles. The number of hydrogen-bond acceptors (Lipinski definition) is 6. The molecular formula is C15H21NO6. The minimum absolute atomic E-state index is 0.295. The summed E-state index contributed by atoms with van der Waals surface area (Å²) in [5, 5.41) is 0. The molecule has 0 bridgehead atoms. The third-order valence-electron chi connectivity index (χ3n) is 2.93. The molecule has 1 heterocycles. The Labute approximate surface area is 129 Å². The van der Waals surface area contributed by atoms with Gasteiger partial charge in [0.05, 0.1) is 6.10 Å². The lowest BCUT2D eigenvalue weighted by atomic mass is 10.1. The molecule has 1 amide bonds. The monoisotopic (exact) mass is 311 g/mol. The van der Waals surface area contributed by atoms with Crippen molar-refractivity contribution in [3.05, 3.63) is 12.2 Å². The van der Waals surface area contributed by atoms with Gasteiger partial charge in [-0.05, 0) is 33.1 Å². The molecule has 0 aromatic carbocycles. The number of carbonyl (C=O) groups excluding carboxylic acids is 4. The average molecular weight is 311 g/mol. The van der Waals surface area contributed by atoms with Gasteiger partial charge in [-0.3, -0.25) is 9.59 Å². The molecule has 0 aromatic heterocycles. The molecule has 0 radical (unpaired) electrons. The summed E-state index contributed by atoms with van der Waals surface area (Å²) in [6.45, 7) is 3.83. The highest BCUT2D eigenvalue weighted by molar-refractivity contribution is 6.36. The van der Waals surface area contributed by atoms with E-state index in [1.807, 2.05) is 0 Å². The SMILES string of the molecule is CC(C)OC(=O)/C=C/C(=O)OCC(=O)C(=O)N1CCCCC1. The van der Waals surface area contributed by atoms with Crippen molar-refractivity contribution in [3.8, 4) is 0 Å². The molecule has 7 heteroatoms. The van der Waals surface area contributed by atoms with Crippen LogP contribution in [0.5, 0.6) is 0 Å². The lowest BCUT2D eigenvalue weighted by Gasteiger charge is -2.25. The van der Waals surface area contributed by atoms with Crippen LogP contribution in [0, 0.1) is 0 Å². The van der Waals surface area contributed by atoms with Crippen LogP contribution >= 0.6 is 0 Å². The average Bonchev–Trinajstić information content (AvgIpc) is 2.50. The van der Waals surface area contributed by atoms with Crippen LogP contribution in [0.3, 0.4) is 0 Å². The smallest absolute Gasteiger partial charge is 0.331 e. The summed E-state index contributed by atoms with van der Waals surface area (Å²) in [7, 11) is 0. The van der Waals surface area contributed by atoms with Gasteiger partial charge in [0, 0.05) is 25.2 Å². The molecule has 0 spiro atoms. The number of Topliss-reactive ketones (excluding diaryl/α,β-unsaturated/α-hetero) is 1. The standard InChI is InChI=1S/C15H21NO6/c1-11(2)22-14(19)7-6-13(18)21-10-12(17)15(20)16-8-4-3-5-9-16/h6-7,11H,3-5,8-10H2,1-2H3/b7-6+. The minimum Gasteiger partial charge on any atom is -0.460 e. The van der Waals surface area contributed by atoms with E-state index >= 15 is 0 Å². The van der Waals surface area contributed by atoms with Crippen molar-refractivity contribution in [2.75, 3.05) is 19.7 Å². The normalized spacial score (nSPS) is 15.0. The maximum Gasteiger partial charge on any atom is 0.331 e. The summed E-state index contributed by atoms with van der Waals surface area (Å²) < 4.78 is 9.42. The first kappa shape index (κ1) is 17.9. The Balaban J connectivity index is 2.33. The van der Waals surface area contributed by atoms with Crippen LogP contribution in [0.1, 0.15) is 33.1 Å². The van der Waals surface area contributed by atoms with Crippen molar-refractivity contribution in [2.45, 2.75) is 39.2 Å². The number of piperidine rings is 1. The number of rotatable bonds is 6. The van der Waals surface area contributed by atoms with E-state index in [4.69, 9.17) is 4.74 Å². The third kappa shape index (κ3) is 6.51. The van der Waals surface area contributed by atoms with Gasteiger partial charge in [0.1, 0.15) is 0 Å². The molecule has 0 aliphatic carbocycles. The van der Waals surface area contributed by atoms with Crippen LogP contribution in [-0.2, 0) is 28.7 Å². The van der Waals surface area contributed by atoms with E-state index in [0.717, 1.165) is 31.4 Å². The Morgan fingerprint density at radius 3 is 2.18 bits per heavy atom. The predicted molar refractivity (Wildman–Crippen MR) is 76.8 cm³/mol. The van der Waals surface area contributed by atoms with Crippen molar-refractivity contribution >= 4 is 23.6 Å². The van der Waals surface area contributed by atoms with Crippen molar-refractivity contribution in [1.29, 1.82) is 0 Å². The quantitative estimate of drug-likeness (QED) is 0.406. The number of carbonyl (C=O) groups is 4. The molecule has 0 N–H and O–H groups in total. The Morgan fingerprint density at radius 1 is 1.00 bits per heavy atom. The fourth-order valence-corrected chi connectivity index (χ4v) is 1.93. The molecule has 7 nitrogen and oxygen atoms in total. The highest BCUT2D eigenvalue weighted by Gasteiger charge is 2.23. The molecule has 22 heavy (non-hydrogen) atoms. The fourth-order valence-electron chi connectivity index (χ4n) is 1.93. The molecule has 1 fully saturated rings. The molecule has 1 aliphatic heterocycles. The molecule has 1 rings (SSSR count). The van der Waals surface area contributed by atoms with Crippen LogP contribution in [0.15, 0.2) is 12.2 Å². The van der Waals surface area contributed by atoms with Crippen LogP contribution < -0.4 is 0 Å². The number of ether oxygens (including phenoxy) is 2. The summed E-state index contributed by atoms with van der Waals surface area (Å²) in [5.74, 6) is -2.95. The number of ketones is 1. The van der Waals surface area contributed by atoms with E-state index in [0.29, 0.717) is 13.1 Å². The molecule has 0 aromatic rings. The first-order chi connectivity index (χ1) is 10.4. The highest BCUT2D eigenvalue weighted by atomic mass is 16.5. The Hall–Kier alpha value is -2.18. The largest absolute Gasteiger partial charge is 0.460 e. The predicted octanol–water partition coefficient (Wildman–Crippen LogP) is 0.619. The first-order valence-electron chi connectivity index (χ1n) is 7.27. The molecule has 0 saturated carbocycles.